The highest BCUT2D eigenvalue weighted by Gasteiger charge is 2.16. The Labute approximate surface area is 313 Å². The third-order valence-electron chi connectivity index (χ3n) is 8.83. The van der Waals surface area contributed by atoms with Crippen LogP contribution < -0.4 is 0 Å². The van der Waals surface area contributed by atoms with Crippen LogP contribution in [-0.4, -0.2) is 47.6 Å². The Bertz CT molecular complexity index is 931. The van der Waals surface area contributed by atoms with Gasteiger partial charge in [0.1, 0.15) is 6.61 Å². The van der Waals surface area contributed by atoms with Gasteiger partial charge in [-0.05, 0) is 50.9 Å². The number of hydrogen-bond donors (Lipinski definition) is 2. The summed E-state index contributed by atoms with van der Waals surface area (Å²) in [6, 6.07) is 0. The van der Waals surface area contributed by atoms with Crippen molar-refractivity contribution in [2.75, 3.05) is 13.2 Å². The maximum absolute atomic E-state index is 12.2. The summed E-state index contributed by atoms with van der Waals surface area (Å²) in [5.41, 5.74) is 0. The zero-order chi connectivity index (χ0) is 37.5. The molecule has 0 aromatic rings. The molecule has 0 radical (unpaired) electrons. The van der Waals surface area contributed by atoms with Crippen molar-refractivity contribution >= 4 is 11.9 Å². The molecule has 2 N–H and O–H groups in total. The molecule has 0 saturated carbocycles. The van der Waals surface area contributed by atoms with Gasteiger partial charge in [0.2, 0.25) is 0 Å². The summed E-state index contributed by atoms with van der Waals surface area (Å²) in [6.45, 7) is 6.26. The molecule has 0 saturated heterocycles. The topological polar surface area (TPSA) is 93.1 Å². The van der Waals surface area contributed by atoms with Crippen LogP contribution >= 0.6 is 0 Å². The van der Waals surface area contributed by atoms with Gasteiger partial charge in [0.05, 0.1) is 12.7 Å². The zero-order valence-corrected chi connectivity index (χ0v) is 33.1. The molecule has 51 heavy (non-hydrogen) atoms. The molecule has 0 bridgehead atoms. The Morgan fingerprint density at radius 1 is 0.608 bits per heavy atom. The summed E-state index contributed by atoms with van der Waals surface area (Å²) in [5.74, 6) is 0.154. The predicted molar refractivity (Wildman–Crippen MR) is 216 cm³/mol. The Hall–Kier alpha value is -2.44. The second kappa shape index (κ2) is 38.8. The van der Waals surface area contributed by atoms with E-state index in [1.807, 2.05) is 36.5 Å². The minimum Gasteiger partial charge on any atom is -0.462 e. The third kappa shape index (κ3) is 38.6. The number of unbranched alkanes of at least 4 members (excludes halogenated alkanes) is 16. The largest absolute Gasteiger partial charge is 0.462 e. The van der Waals surface area contributed by atoms with Crippen LogP contribution in [0.1, 0.15) is 181 Å². The normalized spacial score (nSPS) is 13.5. The number of carbonyl (C=O) groups is 2. The molecule has 0 aliphatic rings. The average Bonchev–Trinajstić information content (AvgIpc) is 3.11. The zero-order valence-electron chi connectivity index (χ0n) is 33.1. The molecule has 0 aliphatic heterocycles. The fourth-order valence-corrected chi connectivity index (χ4v) is 5.68. The Kier molecular flexibility index (Phi) is 36.9. The van der Waals surface area contributed by atoms with Gasteiger partial charge in [-0.15, -0.1) is 0 Å². The van der Waals surface area contributed by atoms with Gasteiger partial charge in [0, 0.05) is 12.8 Å². The van der Waals surface area contributed by atoms with E-state index in [1.165, 1.54) is 89.9 Å². The van der Waals surface area contributed by atoms with Crippen LogP contribution in [0, 0.1) is 5.92 Å². The summed E-state index contributed by atoms with van der Waals surface area (Å²) >= 11 is 0. The summed E-state index contributed by atoms with van der Waals surface area (Å²) in [4.78, 5) is 24.3. The van der Waals surface area contributed by atoms with Crippen LogP contribution in [0.3, 0.4) is 0 Å². The molecule has 2 atom stereocenters. The van der Waals surface area contributed by atoms with Gasteiger partial charge in [-0.1, -0.05) is 184 Å². The van der Waals surface area contributed by atoms with E-state index in [-0.39, 0.29) is 25.6 Å². The number of ether oxygens (including phenoxy) is 2. The second-order valence-electron chi connectivity index (χ2n) is 14.4. The van der Waals surface area contributed by atoms with Crippen molar-refractivity contribution in [1.29, 1.82) is 0 Å². The van der Waals surface area contributed by atoms with Crippen molar-refractivity contribution in [3.63, 3.8) is 0 Å². The monoisotopic (exact) mass is 715 g/mol. The molecule has 6 nitrogen and oxygen atoms in total. The lowest BCUT2D eigenvalue weighted by Gasteiger charge is -2.15. The molecule has 1 unspecified atom stereocenters. The quantitative estimate of drug-likeness (QED) is 0.0290. The standard InChI is InChI=1S/C45H78O6/c1-4-5-6-7-25-30-35-42(47)36-31-26-21-18-19-23-28-33-38-45(49)51-43(39-46)40-50-44(48)37-32-27-22-17-15-13-11-9-8-10-12-14-16-20-24-29-34-41(2)3/h5-6,19,21,23,25-26,30-31,36,41-43,46-47H,4,7-18,20,22,24,27-29,32-35,37-40H2,1-3H3/b6-5-,23-19-,26-21-,30-25-,36-31+/t42?,43-/m0/s1. The van der Waals surface area contributed by atoms with Gasteiger partial charge in [-0.2, -0.15) is 0 Å². The highest BCUT2D eigenvalue weighted by atomic mass is 16.6. The van der Waals surface area contributed by atoms with Gasteiger partial charge in [-0.25, -0.2) is 0 Å². The van der Waals surface area contributed by atoms with Gasteiger partial charge in [-0.3, -0.25) is 9.59 Å². The molecule has 0 amide bonds. The van der Waals surface area contributed by atoms with Crippen molar-refractivity contribution in [1.82, 2.24) is 0 Å². The lowest BCUT2D eigenvalue weighted by Crippen LogP contribution is -2.28. The number of rotatable bonds is 36. The lowest BCUT2D eigenvalue weighted by molar-refractivity contribution is -0.161. The minimum atomic E-state index is -0.822. The summed E-state index contributed by atoms with van der Waals surface area (Å²) in [5, 5.41) is 19.5. The SMILES string of the molecule is CC/C=C\C/C=C\CC(O)/C=C/C=C\C/C=C\CCCC(=O)O[C@@H](CO)COC(=O)CCCCCCCCCCCCCCCCCCC(C)C. The fourth-order valence-electron chi connectivity index (χ4n) is 5.68. The molecule has 0 aromatic heterocycles. The number of aliphatic hydroxyl groups is 2. The molecule has 0 aromatic carbocycles. The minimum absolute atomic E-state index is 0.107. The maximum atomic E-state index is 12.2. The van der Waals surface area contributed by atoms with Gasteiger partial charge in [0.25, 0.3) is 0 Å². The van der Waals surface area contributed by atoms with E-state index < -0.39 is 18.2 Å². The van der Waals surface area contributed by atoms with Crippen LogP contribution in [-0.2, 0) is 19.1 Å². The number of carbonyl (C=O) groups excluding carboxylic acids is 2. The molecule has 0 fully saturated rings. The van der Waals surface area contributed by atoms with E-state index in [2.05, 4.69) is 39.0 Å². The molecular formula is C45H78O6. The molecule has 0 aliphatic carbocycles. The third-order valence-corrected chi connectivity index (χ3v) is 8.83. The smallest absolute Gasteiger partial charge is 0.306 e. The summed E-state index contributed by atoms with van der Waals surface area (Å²) in [6.07, 6.45) is 46.1. The first-order valence-electron chi connectivity index (χ1n) is 20.8. The number of hydrogen-bond acceptors (Lipinski definition) is 6. The van der Waals surface area contributed by atoms with Crippen LogP contribution in [0.4, 0.5) is 0 Å². The Balaban J connectivity index is 3.68. The van der Waals surface area contributed by atoms with Gasteiger partial charge < -0.3 is 19.7 Å². The van der Waals surface area contributed by atoms with Crippen LogP contribution in [0.15, 0.2) is 60.8 Å². The Morgan fingerprint density at radius 3 is 1.73 bits per heavy atom. The lowest BCUT2D eigenvalue weighted by atomic mass is 10.0. The van der Waals surface area contributed by atoms with Crippen LogP contribution in [0.2, 0.25) is 0 Å². The molecule has 294 valence electrons. The number of esters is 2. The van der Waals surface area contributed by atoms with E-state index in [4.69, 9.17) is 9.47 Å². The van der Waals surface area contributed by atoms with Crippen molar-refractivity contribution in [3.8, 4) is 0 Å². The molecule has 0 spiro atoms. The van der Waals surface area contributed by atoms with Gasteiger partial charge in [0.15, 0.2) is 6.10 Å². The highest BCUT2D eigenvalue weighted by molar-refractivity contribution is 5.70. The average molecular weight is 715 g/mol. The highest BCUT2D eigenvalue weighted by Crippen LogP contribution is 2.15. The number of aliphatic hydroxyl groups excluding tert-OH is 2. The molecular weight excluding hydrogens is 636 g/mol. The van der Waals surface area contributed by atoms with E-state index >= 15 is 0 Å². The van der Waals surface area contributed by atoms with E-state index in [1.54, 1.807) is 6.08 Å². The first-order valence-corrected chi connectivity index (χ1v) is 20.8. The van der Waals surface area contributed by atoms with Crippen LogP contribution in [0.5, 0.6) is 0 Å². The van der Waals surface area contributed by atoms with Crippen molar-refractivity contribution in [3.05, 3.63) is 60.8 Å². The van der Waals surface area contributed by atoms with E-state index in [0.717, 1.165) is 50.9 Å². The summed E-state index contributed by atoms with van der Waals surface area (Å²) < 4.78 is 10.6. The van der Waals surface area contributed by atoms with Crippen molar-refractivity contribution in [2.24, 2.45) is 5.92 Å². The first kappa shape index (κ1) is 48.6. The number of allylic oxidation sites excluding steroid dienone is 8. The molecule has 6 heteroatoms. The molecule has 0 rings (SSSR count). The Morgan fingerprint density at radius 2 is 1.14 bits per heavy atom. The molecule has 0 heterocycles. The van der Waals surface area contributed by atoms with E-state index in [9.17, 15) is 19.8 Å². The van der Waals surface area contributed by atoms with Crippen molar-refractivity contribution in [2.45, 2.75) is 193 Å². The fraction of sp³-hybridized carbons (Fsp3) is 0.733. The first-order chi connectivity index (χ1) is 24.9. The van der Waals surface area contributed by atoms with Gasteiger partial charge >= 0.3 is 11.9 Å². The predicted octanol–water partition coefficient (Wildman–Crippen LogP) is 12.0. The maximum Gasteiger partial charge on any atom is 0.306 e. The van der Waals surface area contributed by atoms with Crippen LogP contribution in [0.25, 0.3) is 0 Å². The second-order valence-corrected chi connectivity index (χ2v) is 14.4. The summed E-state index contributed by atoms with van der Waals surface area (Å²) in [7, 11) is 0. The van der Waals surface area contributed by atoms with Crippen molar-refractivity contribution < 1.29 is 29.3 Å². The van der Waals surface area contributed by atoms with E-state index in [0.29, 0.717) is 19.3 Å².